The summed E-state index contributed by atoms with van der Waals surface area (Å²) in [6, 6.07) is 2.14. The van der Waals surface area contributed by atoms with Crippen molar-refractivity contribution in [2.45, 2.75) is 0 Å². The van der Waals surface area contributed by atoms with E-state index in [-0.39, 0.29) is 21.4 Å². The molecule has 0 aliphatic carbocycles. The zero-order valence-electron chi connectivity index (χ0n) is 8.15. The number of non-ortho nitro benzene ring substituents is 1. The van der Waals surface area contributed by atoms with Gasteiger partial charge in [-0.3, -0.25) is 20.4 Å². The molecule has 0 saturated carbocycles. The summed E-state index contributed by atoms with van der Waals surface area (Å²) >= 11 is 11.4. The fourth-order valence-electron chi connectivity index (χ4n) is 0.933. The summed E-state index contributed by atoms with van der Waals surface area (Å²) in [5, 5.41) is 18.7. The molecule has 0 aromatic heterocycles. The van der Waals surface area contributed by atoms with Crippen LogP contribution in [-0.2, 0) is 9.63 Å². The lowest BCUT2D eigenvalue weighted by Crippen LogP contribution is -2.11. The molecule has 0 aliphatic heterocycles. The van der Waals surface area contributed by atoms with Gasteiger partial charge in [0.25, 0.3) is 5.69 Å². The van der Waals surface area contributed by atoms with E-state index in [1.54, 1.807) is 0 Å². The van der Waals surface area contributed by atoms with Gasteiger partial charge in [-0.25, -0.2) is 4.79 Å². The van der Waals surface area contributed by atoms with Gasteiger partial charge in [-0.2, -0.15) is 0 Å². The average Bonchev–Trinajstić information content (AvgIpc) is 2.21. The summed E-state index contributed by atoms with van der Waals surface area (Å²) in [4.78, 5) is 24.6. The Morgan fingerprint density at radius 3 is 2.41 bits per heavy atom. The van der Waals surface area contributed by atoms with Crippen molar-refractivity contribution < 1.29 is 19.7 Å². The molecule has 0 fully saturated rings. The van der Waals surface area contributed by atoms with E-state index in [0.717, 1.165) is 12.1 Å². The first kappa shape index (κ1) is 13.5. The van der Waals surface area contributed by atoms with Gasteiger partial charge in [-0.1, -0.05) is 23.2 Å². The lowest BCUT2D eigenvalue weighted by molar-refractivity contribution is -0.384. The van der Waals surface area contributed by atoms with Crippen LogP contribution in [0.4, 0.5) is 11.4 Å². The standard InChI is InChI=1S/C8H6Cl2N2O5/c9-5-1-4(12(15)16)2-6(10)8(5)11-17-3-7(13)14/h1-2,11H,3H2,(H,13,14). The van der Waals surface area contributed by atoms with Crippen molar-refractivity contribution in [1.82, 2.24) is 0 Å². The molecule has 7 nitrogen and oxygen atoms in total. The molecule has 1 rings (SSSR count). The number of benzene rings is 1. The molecule has 0 unspecified atom stereocenters. The lowest BCUT2D eigenvalue weighted by Gasteiger charge is -2.08. The molecular weight excluding hydrogens is 275 g/mol. The SMILES string of the molecule is O=C(O)CONc1c(Cl)cc([N+](=O)[O-])cc1Cl. The maximum absolute atomic E-state index is 10.5. The number of aliphatic carboxylic acids is 1. The third-order valence-electron chi connectivity index (χ3n) is 1.61. The Balaban J connectivity index is 2.86. The molecule has 1 aromatic carbocycles. The summed E-state index contributed by atoms with van der Waals surface area (Å²) in [7, 11) is 0. The highest BCUT2D eigenvalue weighted by Crippen LogP contribution is 2.34. The van der Waals surface area contributed by atoms with Gasteiger partial charge in [0.15, 0.2) is 6.61 Å². The maximum atomic E-state index is 10.5. The van der Waals surface area contributed by atoms with Gasteiger partial charge in [0.05, 0.1) is 20.7 Å². The van der Waals surface area contributed by atoms with Crippen LogP contribution in [0.2, 0.25) is 10.0 Å². The zero-order valence-corrected chi connectivity index (χ0v) is 9.66. The van der Waals surface area contributed by atoms with Gasteiger partial charge in [0.1, 0.15) is 0 Å². The zero-order chi connectivity index (χ0) is 13.0. The quantitative estimate of drug-likeness (QED) is 0.634. The van der Waals surface area contributed by atoms with Crippen molar-refractivity contribution in [2.75, 3.05) is 12.1 Å². The molecule has 9 heteroatoms. The van der Waals surface area contributed by atoms with Crippen molar-refractivity contribution in [2.24, 2.45) is 0 Å². The maximum Gasteiger partial charge on any atom is 0.332 e. The fourth-order valence-corrected chi connectivity index (χ4v) is 1.49. The number of nitrogens with one attached hydrogen (secondary N) is 1. The molecule has 2 N–H and O–H groups in total. The van der Waals surface area contributed by atoms with Crippen LogP contribution in [0.3, 0.4) is 0 Å². The molecule has 0 radical (unpaired) electrons. The monoisotopic (exact) mass is 280 g/mol. The van der Waals surface area contributed by atoms with Crippen LogP contribution < -0.4 is 5.48 Å². The smallest absolute Gasteiger partial charge is 0.332 e. The first-order chi connectivity index (χ1) is 7.91. The molecule has 0 aliphatic rings. The molecule has 0 amide bonds. The number of carboxylic acid groups (broad SMARTS) is 1. The van der Waals surface area contributed by atoms with E-state index < -0.39 is 17.5 Å². The number of rotatable bonds is 5. The Morgan fingerprint density at radius 2 is 2.00 bits per heavy atom. The van der Waals surface area contributed by atoms with Crippen LogP contribution in [0.1, 0.15) is 0 Å². The molecule has 0 bridgehead atoms. The third-order valence-corrected chi connectivity index (χ3v) is 2.20. The van der Waals surface area contributed by atoms with E-state index in [1.807, 2.05) is 0 Å². The topological polar surface area (TPSA) is 102 Å². The number of nitro benzene ring substituents is 1. The van der Waals surface area contributed by atoms with Gasteiger partial charge < -0.3 is 5.11 Å². The summed E-state index contributed by atoms with van der Waals surface area (Å²) < 4.78 is 0. The van der Waals surface area contributed by atoms with Crippen LogP contribution in [0.15, 0.2) is 12.1 Å². The number of carboxylic acids is 1. The minimum Gasteiger partial charge on any atom is -0.479 e. The summed E-state index contributed by atoms with van der Waals surface area (Å²) in [6.45, 7) is -0.607. The molecular formula is C8H6Cl2N2O5. The molecule has 17 heavy (non-hydrogen) atoms. The van der Waals surface area contributed by atoms with Crippen molar-refractivity contribution in [3.05, 3.63) is 32.3 Å². The predicted molar refractivity (Wildman–Crippen MR) is 60.3 cm³/mol. The highest BCUT2D eigenvalue weighted by molar-refractivity contribution is 6.39. The summed E-state index contributed by atoms with van der Waals surface area (Å²) in [5.41, 5.74) is 2.01. The second-order valence-electron chi connectivity index (χ2n) is 2.83. The van der Waals surface area contributed by atoms with Crippen LogP contribution in [0.25, 0.3) is 0 Å². The van der Waals surface area contributed by atoms with E-state index >= 15 is 0 Å². The fraction of sp³-hybridized carbons (Fsp3) is 0.125. The van der Waals surface area contributed by atoms with E-state index in [2.05, 4.69) is 10.3 Å². The summed E-state index contributed by atoms with van der Waals surface area (Å²) in [6.07, 6.45) is 0. The van der Waals surface area contributed by atoms with E-state index in [9.17, 15) is 14.9 Å². The van der Waals surface area contributed by atoms with Crippen LogP contribution in [-0.4, -0.2) is 22.6 Å². The Hall–Kier alpha value is -1.57. The minimum atomic E-state index is -1.19. The molecule has 0 atom stereocenters. The highest BCUT2D eigenvalue weighted by atomic mass is 35.5. The van der Waals surface area contributed by atoms with E-state index in [1.165, 1.54) is 0 Å². The Labute approximate surface area is 105 Å². The number of hydrogen-bond acceptors (Lipinski definition) is 5. The highest BCUT2D eigenvalue weighted by Gasteiger charge is 2.14. The first-order valence-corrected chi connectivity index (χ1v) is 4.90. The lowest BCUT2D eigenvalue weighted by atomic mass is 10.3. The van der Waals surface area contributed by atoms with Gasteiger partial charge in [-0.05, 0) is 0 Å². The molecule has 0 heterocycles. The van der Waals surface area contributed by atoms with Crippen molar-refractivity contribution >= 4 is 40.5 Å². The van der Waals surface area contributed by atoms with Crippen molar-refractivity contribution in [1.29, 1.82) is 0 Å². The van der Waals surface area contributed by atoms with Crippen LogP contribution in [0, 0.1) is 10.1 Å². The van der Waals surface area contributed by atoms with Crippen LogP contribution >= 0.6 is 23.2 Å². The van der Waals surface area contributed by atoms with Gasteiger partial charge in [0.2, 0.25) is 0 Å². The first-order valence-electron chi connectivity index (χ1n) is 4.15. The predicted octanol–water partition coefficient (Wildman–Crippen LogP) is 2.33. The Morgan fingerprint density at radius 1 is 1.47 bits per heavy atom. The second-order valence-corrected chi connectivity index (χ2v) is 3.64. The average molecular weight is 281 g/mol. The number of halogens is 2. The Kier molecular flexibility index (Phi) is 4.50. The number of carbonyl (C=O) groups is 1. The largest absolute Gasteiger partial charge is 0.479 e. The third kappa shape index (κ3) is 3.74. The molecule has 0 spiro atoms. The molecule has 92 valence electrons. The van der Waals surface area contributed by atoms with E-state index in [4.69, 9.17) is 28.3 Å². The molecule has 0 saturated heterocycles. The van der Waals surface area contributed by atoms with E-state index in [0.29, 0.717) is 0 Å². The second kappa shape index (κ2) is 5.67. The number of nitro groups is 1. The number of nitrogens with zero attached hydrogens (tertiary/aromatic N) is 1. The van der Waals surface area contributed by atoms with Gasteiger partial charge in [0, 0.05) is 12.1 Å². The van der Waals surface area contributed by atoms with Crippen molar-refractivity contribution in [3.8, 4) is 0 Å². The number of hydrogen-bond donors (Lipinski definition) is 2. The summed E-state index contributed by atoms with van der Waals surface area (Å²) in [5.74, 6) is -1.19. The minimum absolute atomic E-state index is 0.0467. The van der Waals surface area contributed by atoms with Crippen molar-refractivity contribution in [3.63, 3.8) is 0 Å². The number of anilines is 1. The van der Waals surface area contributed by atoms with Gasteiger partial charge in [-0.15, -0.1) is 0 Å². The van der Waals surface area contributed by atoms with Crippen LogP contribution in [0.5, 0.6) is 0 Å². The normalized spacial score (nSPS) is 10.0. The Bertz CT molecular complexity index is 442. The molecule has 1 aromatic rings. The van der Waals surface area contributed by atoms with Gasteiger partial charge >= 0.3 is 5.97 Å².